The van der Waals surface area contributed by atoms with Crippen LogP contribution in [-0.2, 0) is 19.6 Å². The van der Waals surface area contributed by atoms with Crippen LogP contribution >= 0.6 is 11.6 Å². The Hall–Kier alpha value is -2.49. The number of anilines is 1. The molecular formula is C23H28ClN3O5S. The fraction of sp³-hybridized carbons (Fsp3) is 0.435. The van der Waals surface area contributed by atoms with Gasteiger partial charge in [-0.3, -0.25) is 4.79 Å². The first-order valence-corrected chi connectivity index (χ1v) is 12.6. The van der Waals surface area contributed by atoms with E-state index in [1.807, 2.05) is 0 Å². The lowest BCUT2D eigenvalue weighted by Gasteiger charge is -2.30. The number of hydrogen-bond donors (Lipinski definition) is 1. The van der Waals surface area contributed by atoms with Gasteiger partial charge in [0, 0.05) is 19.3 Å². The van der Waals surface area contributed by atoms with Gasteiger partial charge in [0.05, 0.1) is 16.1 Å². The van der Waals surface area contributed by atoms with Gasteiger partial charge in [0.2, 0.25) is 10.0 Å². The molecule has 1 atom stereocenters. The summed E-state index contributed by atoms with van der Waals surface area (Å²) in [5.41, 5.74) is 1.60. The minimum absolute atomic E-state index is 0.0705. The van der Waals surface area contributed by atoms with Crippen LogP contribution in [0, 0.1) is 19.8 Å². The topological polar surface area (TPSA) is 106 Å². The molecule has 1 N–H and O–H groups in total. The van der Waals surface area contributed by atoms with Crippen molar-refractivity contribution in [2.24, 2.45) is 5.92 Å². The summed E-state index contributed by atoms with van der Waals surface area (Å²) < 4.78 is 33.4. The Labute approximate surface area is 199 Å². The summed E-state index contributed by atoms with van der Waals surface area (Å²) in [7, 11) is -3.76. The lowest BCUT2D eigenvalue weighted by atomic mass is 10.0. The predicted octanol–water partition coefficient (Wildman–Crippen LogP) is 3.96. The van der Waals surface area contributed by atoms with Gasteiger partial charge in [0.25, 0.3) is 5.91 Å². The molecular weight excluding hydrogens is 466 g/mol. The second-order valence-electron chi connectivity index (χ2n) is 8.38. The largest absolute Gasteiger partial charge is 0.449 e. The Balaban J connectivity index is 1.79. The van der Waals surface area contributed by atoms with Crippen molar-refractivity contribution in [1.29, 1.82) is 0 Å². The first kappa shape index (κ1) is 25.1. The van der Waals surface area contributed by atoms with Crippen molar-refractivity contribution in [2.45, 2.75) is 51.5 Å². The summed E-state index contributed by atoms with van der Waals surface area (Å²) in [6.45, 7) is 7.89. The van der Waals surface area contributed by atoms with Crippen molar-refractivity contribution in [1.82, 2.24) is 9.29 Å². The first-order chi connectivity index (χ1) is 15.5. The Kier molecular flexibility index (Phi) is 7.76. The molecule has 1 aromatic carbocycles. The summed E-state index contributed by atoms with van der Waals surface area (Å²) in [4.78, 5) is 29.2. The number of nitrogens with zero attached hydrogens (tertiary/aromatic N) is 2. The molecule has 2 aromatic rings. The third kappa shape index (κ3) is 5.72. The SMILES string of the molecule is Cc1cc(C(=O)OC(C)C(=O)Nc2cccnc2Cl)cc(S(=O)(=O)N2CCC(C)CC2)c1C. The normalized spacial score (nSPS) is 16.3. The number of piperidine rings is 1. The van der Waals surface area contributed by atoms with Crippen LogP contribution in [0.25, 0.3) is 0 Å². The minimum Gasteiger partial charge on any atom is -0.449 e. The van der Waals surface area contributed by atoms with Gasteiger partial charge in [-0.15, -0.1) is 0 Å². The maximum absolute atomic E-state index is 13.3. The molecule has 1 amide bonds. The van der Waals surface area contributed by atoms with Gasteiger partial charge < -0.3 is 10.1 Å². The molecule has 0 radical (unpaired) electrons. The van der Waals surface area contributed by atoms with Crippen LogP contribution in [-0.4, -0.2) is 48.8 Å². The van der Waals surface area contributed by atoms with Gasteiger partial charge in [0.1, 0.15) is 0 Å². The van der Waals surface area contributed by atoms with E-state index in [9.17, 15) is 18.0 Å². The molecule has 10 heteroatoms. The van der Waals surface area contributed by atoms with Crippen molar-refractivity contribution >= 4 is 39.2 Å². The first-order valence-electron chi connectivity index (χ1n) is 10.7. The van der Waals surface area contributed by atoms with E-state index < -0.39 is 28.0 Å². The lowest BCUT2D eigenvalue weighted by molar-refractivity contribution is -0.123. The average Bonchev–Trinajstić information content (AvgIpc) is 2.77. The van der Waals surface area contributed by atoms with Crippen molar-refractivity contribution in [3.63, 3.8) is 0 Å². The summed E-state index contributed by atoms with van der Waals surface area (Å²) in [5, 5.41) is 2.67. The highest BCUT2D eigenvalue weighted by Gasteiger charge is 2.31. The molecule has 1 aliphatic heterocycles. The van der Waals surface area contributed by atoms with Crippen LogP contribution in [0.4, 0.5) is 5.69 Å². The van der Waals surface area contributed by atoms with E-state index in [-0.39, 0.29) is 15.6 Å². The van der Waals surface area contributed by atoms with E-state index >= 15 is 0 Å². The number of benzene rings is 1. The molecule has 3 rings (SSSR count). The highest BCUT2D eigenvalue weighted by Crippen LogP contribution is 2.28. The number of halogens is 1. The fourth-order valence-electron chi connectivity index (χ4n) is 3.57. The maximum Gasteiger partial charge on any atom is 0.338 e. The quantitative estimate of drug-likeness (QED) is 0.482. The fourth-order valence-corrected chi connectivity index (χ4v) is 5.53. The van der Waals surface area contributed by atoms with Crippen LogP contribution in [0.3, 0.4) is 0 Å². The van der Waals surface area contributed by atoms with Crippen LogP contribution in [0.2, 0.25) is 5.15 Å². The number of ether oxygens (including phenoxy) is 1. The zero-order valence-corrected chi connectivity index (χ0v) is 20.7. The van der Waals surface area contributed by atoms with Crippen molar-refractivity contribution in [3.05, 3.63) is 52.3 Å². The van der Waals surface area contributed by atoms with E-state index in [1.165, 1.54) is 23.5 Å². The number of hydrogen-bond acceptors (Lipinski definition) is 6. The Bertz CT molecular complexity index is 1160. The Morgan fingerprint density at radius 1 is 1.24 bits per heavy atom. The van der Waals surface area contributed by atoms with Crippen molar-refractivity contribution in [3.8, 4) is 0 Å². The number of aryl methyl sites for hydroxylation is 1. The number of nitrogens with one attached hydrogen (secondary N) is 1. The van der Waals surface area contributed by atoms with E-state index in [4.69, 9.17) is 16.3 Å². The zero-order valence-electron chi connectivity index (χ0n) is 19.1. The number of aromatic nitrogens is 1. The van der Waals surface area contributed by atoms with Gasteiger partial charge in [0.15, 0.2) is 11.3 Å². The molecule has 1 aromatic heterocycles. The van der Waals surface area contributed by atoms with Crippen LogP contribution in [0.5, 0.6) is 0 Å². The summed E-state index contributed by atoms with van der Waals surface area (Å²) in [5.74, 6) is -0.895. The average molecular weight is 494 g/mol. The molecule has 178 valence electrons. The number of sulfonamides is 1. The van der Waals surface area contributed by atoms with Gasteiger partial charge in [-0.05, 0) is 74.9 Å². The van der Waals surface area contributed by atoms with E-state index in [1.54, 1.807) is 32.0 Å². The zero-order chi connectivity index (χ0) is 24.3. The smallest absolute Gasteiger partial charge is 0.338 e. The molecule has 1 fully saturated rings. The summed E-state index contributed by atoms with van der Waals surface area (Å²) in [6.07, 6.45) is 1.94. The molecule has 0 bridgehead atoms. The molecule has 8 nitrogen and oxygen atoms in total. The highest BCUT2D eigenvalue weighted by molar-refractivity contribution is 7.89. The number of esters is 1. The number of amides is 1. The lowest BCUT2D eigenvalue weighted by Crippen LogP contribution is -2.38. The van der Waals surface area contributed by atoms with Crippen LogP contribution in [0.15, 0.2) is 35.4 Å². The molecule has 0 aliphatic carbocycles. The van der Waals surface area contributed by atoms with Crippen molar-refractivity contribution in [2.75, 3.05) is 18.4 Å². The molecule has 2 heterocycles. The molecule has 1 unspecified atom stereocenters. The third-order valence-electron chi connectivity index (χ3n) is 5.89. The van der Waals surface area contributed by atoms with Gasteiger partial charge in [-0.2, -0.15) is 4.31 Å². The van der Waals surface area contributed by atoms with Gasteiger partial charge in [-0.1, -0.05) is 18.5 Å². The summed E-state index contributed by atoms with van der Waals surface area (Å²) >= 11 is 5.94. The molecule has 1 aliphatic rings. The minimum atomic E-state index is -3.76. The van der Waals surface area contributed by atoms with Crippen LogP contribution < -0.4 is 5.32 Å². The molecule has 1 saturated heterocycles. The predicted molar refractivity (Wildman–Crippen MR) is 126 cm³/mol. The van der Waals surface area contributed by atoms with E-state index in [0.29, 0.717) is 35.8 Å². The molecule has 0 saturated carbocycles. The highest BCUT2D eigenvalue weighted by atomic mass is 35.5. The van der Waals surface area contributed by atoms with Crippen LogP contribution in [0.1, 0.15) is 48.2 Å². The van der Waals surface area contributed by atoms with E-state index in [0.717, 1.165) is 12.8 Å². The molecule has 33 heavy (non-hydrogen) atoms. The summed E-state index contributed by atoms with van der Waals surface area (Å²) in [6, 6.07) is 6.08. The number of carbonyl (C=O) groups excluding carboxylic acids is 2. The van der Waals surface area contributed by atoms with Gasteiger partial charge >= 0.3 is 5.97 Å². The Morgan fingerprint density at radius 2 is 1.91 bits per heavy atom. The van der Waals surface area contributed by atoms with E-state index in [2.05, 4.69) is 17.2 Å². The second kappa shape index (κ2) is 10.2. The molecule has 0 spiro atoms. The van der Waals surface area contributed by atoms with Gasteiger partial charge in [-0.25, -0.2) is 18.2 Å². The monoisotopic (exact) mass is 493 g/mol. The third-order valence-corrected chi connectivity index (χ3v) is 8.21. The Morgan fingerprint density at radius 3 is 2.55 bits per heavy atom. The standard InChI is InChI=1S/C23H28ClN3O5S/c1-14-7-10-27(11-8-14)33(30,31)20-13-18(12-15(2)16(20)3)23(29)32-17(4)22(28)26-19-6-5-9-25-21(19)24/h5-6,9,12-14,17H,7-8,10-11H2,1-4H3,(H,26,28). The van der Waals surface area contributed by atoms with Crippen molar-refractivity contribution < 1.29 is 22.7 Å². The maximum atomic E-state index is 13.3. The second-order valence-corrected chi connectivity index (χ2v) is 10.6. The number of carbonyl (C=O) groups is 2. The number of rotatable bonds is 6. The number of pyridine rings is 1.